The number of nitrogens with one attached hydrogen (secondary N) is 1. The van der Waals surface area contributed by atoms with Gasteiger partial charge in [0, 0.05) is 35.8 Å². The lowest BCUT2D eigenvalue weighted by atomic mass is 9.96. The van der Waals surface area contributed by atoms with Gasteiger partial charge in [0.15, 0.2) is 0 Å². The predicted molar refractivity (Wildman–Crippen MR) is 151 cm³/mol. The van der Waals surface area contributed by atoms with Gasteiger partial charge in [-0.3, -0.25) is 4.79 Å². The number of hydrogen-bond donors (Lipinski definition) is 1. The smallest absolute Gasteiger partial charge is 0.264 e. The van der Waals surface area contributed by atoms with Crippen molar-refractivity contribution in [2.75, 3.05) is 11.8 Å². The summed E-state index contributed by atoms with van der Waals surface area (Å²) >= 11 is 0. The Labute approximate surface area is 236 Å². The van der Waals surface area contributed by atoms with Gasteiger partial charge in [-0.1, -0.05) is 35.5 Å². The maximum Gasteiger partial charge on any atom is 0.264 e. The van der Waals surface area contributed by atoms with Crippen molar-refractivity contribution in [1.82, 2.24) is 15.0 Å². The summed E-state index contributed by atoms with van der Waals surface area (Å²) < 4.78 is 40.3. The maximum absolute atomic E-state index is 13.6. The van der Waals surface area contributed by atoms with Gasteiger partial charge in [0.05, 0.1) is 28.4 Å². The molecule has 2 heterocycles. The van der Waals surface area contributed by atoms with Gasteiger partial charge in [-0.25, -0.2) is 18.1 Å². The van der Waals surface area contributed by atoms with E-state index in [0.717, 1.165) is 0 Å². The van der Waals surface area contributed by atoms with Crippen LogP contribution in [0.15, 0.2) is 93.0 Å². The first-order valence-corrected chi connectivity index (χ1v) is 14.0. The number of sulfonamides is 1. The first-order valence-electron chi connectivity index (χ1n) is 12.5. The van der Waals surface area contributed by atoms with E-state index in [9.17, 15) is 18.5 Å². The standard InChI is InChI=1S/C30H25N5O5S/c1-19-20(2)33-40-28(19)34-41(37,38)27-10-5-4-9-26(27)25-12-11-22(29-32-13-14-39-29)16-24(25)18-35(3)30(36)23-8-6-7-21(15-23)17-31/h4-16,34H,18H2,1-3H3. The van der Waals surface area contributed by atoms with Crippen molar-refractivity contribution in [3.8, 4) is 28.7 Å². The Bertz CT molecular complexity index is 1890. The summed E-state index contributed by atoms with van der Waals surface area (Å²) in [4.78, 5) is 19.1. The van der Waals surface area contributed by atoms with Crippen LogP contribution in [0.3, 0.4) is 0 Å². The molecule has 3 aromatic carbocycles. The Balaban J connectivity index is 1.57. The molecular weight excluding hydrogens is 542 g/mol. The number of benzene rings is 3. The van der Waals surface area contributed by atoms with Crippen LogP contribution in [0.4, 0.5) is 5.88 Å². The number of nitrogens with zero attached hydrogens (tertiary/aromatic N) is 4. The van der Waals surface area contributed by atoms with Crippen LogP contribution in [-0.4, -0.2) is 36.4 Å². The second kappa shape index (κ2) is 11.1. The third-order valence-electron chi connectivity index (χ3n) is 6.63. The molecule has 5 aromatic rings. The van der Waals surface area contributed by atoms with Crippen molar-refractivity contribution in [2.45, 2.75) is 25.3 Å². The van der Waals surface area contributed by atoms with Crippen LogP contribution in [0.5, 0.6) is 0 Å². The number of aryl methyl sites for hydroxylation is 1. The summed E-state index contributed by atoms with van der Waals surface area (Å²) in [5.41, 5.74) is 4.24. The second-order valence-corrected chi connectivity index (χ2v) is 11.0. The maximum atomic E-state index is 13.6. The number of nitriles is 1. The number of hydrogen-bond acceptors (Lipinski definition) is 8. The van der Waals surface area contributed by atoms with Gasteiger partial charge in [-0.2, -0.15) is 5.26 Å². The molecule has 206 valence electrons. The fraction of sp³-hybridized carbons (Fsp3) is 0.133. The molecule has 0 saturated heterocycles. The van der Waals surface area contributed by atoms with Gasteiger partial charge in [-0.15, -0.1) is 0 Å². The molecule has 0 aliphatic rings. The fourth-order valence-electron chi connectivity index (χ4n) is 4.37. The highest BCUT2D eigenvalue weighted by Gasteiger charge is 2.25. The molecule has 0 bridgehead atoms. The molecule has 0 radical (unpaired) electrons. The Morgan fingerprint density at radius 3 is 2.56 bits per heavy atom. The highest BCUT2D eigenvalue weighted by molar-refractivity contribution is 7.92. The number of aromatic nitrogens is 2. The van der Waals surface area contributed by atoms with Crippen LogP contribution >= 0.6 is 0 Å². The van der Waals surface area contributed by atoms with E-state index in [1.807, 2.05) is 12.1 Å². The minimum absolute atomic E-state index is 0.0225. The lowest BCUT2D eigenvalue weighted by molar-refractivity contribution is 0.0785. The average Bonchev–Trinajstić information content (AvgIpc) is 3.63. The van der Waals surface area contributed by atoms with Crippen LogP contribution in [-0.2, 0) is 16.6 Å². The van der Waals surface area contributed by atoms with Crippen molar-refractivity contribution in [2.24, 2.45) is 0 Å². The van der Waals surface area contributed by atoms with Crippen molar-refractivity contribution >= 4 is 21.8 Å². The van der Waals surface area contributed by atoms with E-state index in [0.29, 0.717) is 50.5 Å². The topological polar surface area (TPSA) is 142 Å². The summed E-state index contributed by atoms with van der Waals surface area (Å²) in [6.07, 6.45) is 2.99. The number of rotatable bonds is 8. The molecule has 0 spiro atoms. The van der Waals surface area contributed by atoms with Crippen LogP contribution in [0.1, 0.15) is 32.7 Å². The lowest BCUT2D eigenvalue weighted by Gasteiger charge is -2.21. The largest absolute Gasteiger partial charge is 0.445 e. The van der Waals surface area contributed by atoms with Crippen molar-refractivity contribution in [3.63, 3.8) is 0 Å². The molecule has 1 N–H and O–H groups in total. The number of amides is 1. The van der Waals surface area contributed by atoms with Crippen LogP contribution in [0.2, 0.25) is 0 Å². The zero-order valence-electron chi connectivity index (χ0n) is 22.5. The van der Waals surface area contributed by atoms with Crippen molar-refractivity contribution < 1.29 is 22.2 Å². The minimum atomic E-state index is -4.09. The molecule has 10 nitrogen and oxygen atoms in total. The van der Waals surface area contributed by atoms with Gasteiger partial charge in [0.25, 0.3) is 15.9 Å². The molecule has 11 heteroatoms. The van der Waals surface area contributed by atoms with E-state index in [4.69, 9.17) is 8.94 Å². The SMILES string of the molecule is Cc1noc(NS(=O)(=O)c2ccccc2-c2ccc(-c3ncco3)cc2CN(C)C(=O)c2cccc(C#N)c2)c1C. The van der Waals surface area contributed by atoms with E-state index in [1.165, 1.54) is 29.5 Å². The number of anilines is 1. The quantitative estimate of drug-likeness (QED) is 0.257. The monoisotopic (exact) mass is 567 g/mol. The van der Waals surface area contributed by atoms with Gasteiger partial charge >= 0.3 is 0 Å². The van der Waals surface area contributed by atoms with E-state index >= 15 is 0 Å². The van der Waals surface area contributed by atoms with E-state index in [1.54, 1.807) is 69.4 Å². The first kappa shape index (κ1) is 27.4. The molecule has 0 saturated carbocycles. The molecule has 5 rings (SSSR count). The number of oxazole rings is 1. The van der Waals surface area contributed by atoms with Gasteiger partial charge in [0.2, 0.25) is 11.8 Å². The van der Waals surface area contributed by atoms with E-state index < -0.39 is 10.0 Å². The van der Waals surface area contributed by atoms with Crippen LogP contribution in [0, 0.1) is 25.2 Å². The third kappa shape index (κ3) is 5.59. The van der Waals surface area contributed by atoms with Gasteiger partial charge in [0.1, 0.15) is 6.26 Å². The zero-order valence-corrected chi connectivity index (χ0v) is 23.3. The predicted octanol–water partition coefficient (Wildman–Crippen LogP) is 5.56. The zero-order chi connectivity index (χ0) is 29.1. The molecule has 41 heavy (non-hydrogen) atoms. The Morgan fingerprint density at radius 1 is 1.05 bits per heavy atom. The molecule has 0 aliphatic heterocycles. The van der Waals surface area contributed by atoms with Gasteiger partial charge in [-0.05, 0) is 61.4 Å². The third-order valence-corrected chi connectivity index (χ3v) is 8.02. The molecule has 1 amide bonds. The average molecular weight is 568 g/mol. The summed E-state index contributed by atoms with van der Waals surface area (Å²) in [7, 11) is -2.45. The molecular formula is C30H25N5O5S. The number of carbonyl (C=O) groups is 1. The Hall–Kier alpha value is -5.21. The van der Waals surface area contributed by atoms with Gasteiger partial charge < -0.3 is 13.8 Å². The molecule has 0 unspecified atom stereocenters. The normalized spacial score (nSPS) is 11.2. The van der Waals surface area contributed by atoms with Crippen molar-refractivity contribution in [3.05, 3.63) is 107 Å². The molecule has 0 atom stereocenters. The summed E-state index contributed by atoms with van der Waals surface area (Å²) in [5, 5.41) is 13.1. The Kier molecular flexibility index (Phi) is 7.42. The summed E-state index contributed by atoms with van der Waals surface area (Å²) in [5.74, 6) is 0.127. The minimum Gasteiger partial charge on any atom is -0.445 e. The van der Waals surface area contributed by atoms with E-state index in [-0.39, 0.29) is 23.2 Å². The van der Waals surface area contributed by atoms with Crippen LogP contribution in [0.25, 0.3) is 22.6 Å². The van der Waals surface area contributed by atoms with E-state index in [2.05, 4.69) is 14.9 Å². The first-order chi connectivity index (χ1) is 19.7. The summed E-state index contributed by atoms with van der Waals surface area (Å²) in [6, 6.07) is 20.5. The molecule has 2 aromatic heterocycles. The van der Waals surface area contributed by atoms with Crippen LogP contribution < -0.4 is 4.72 Å². The fourth-order valence-corrected chi connectivity index (χ4v) is 5.64. The lowest BCUT2D eigenvalue weighted by Crippen LogP contribution is -2.26. The molecule has 0 fully saturated rings. The van der Waals surface area contributed by atoms with Crippen molar-refractivity contribution in [1.29, 1.82) is 5.26 Å². The molecule has 0 aliphatic carbocycles. The summed E-state index contributed by atoms with van der Waals surface area (Å²) in [6.45, 7) is 3.57. The Morgan fingerprint density at radius 2 is 1.85 bits per heavy atom. The highest BCUT2D eigenvalue weighted by atomic mass is 32.2. The number of carbonyl (C=O) groups excluding carboxylic acids is 1. The second-order valence-electron chi connectivity index (χ2n) is 9.39. The highest BCUT2D eigenvalue weighted by Crippen LogP contribution is 2.35.